The minimum absolute atomic E-state index is 0.0767. The van der Waals surface area contributed by atoms with Crippen molar-refractivity contribution in [1.82, 2.24) is 4.98 Å². The Kier molecular flexibility index (Phi) is 4.00. The van der Waals surface area contributed by atoms with Gasteiger partial charge in [-0.2, -0.15) is 0 Å². The molecule has 1 aromatic heterocycles. The van der Waals surface area contributed by atoms with Crippen LogP contribution >= 0.6 is 0 Å². The average Bonchev–Trinajstić information content (AvgIpc) is 2.39. The summed E-state index contributed by atoms with van der Waals surface area (Å²) < 4.78 is 0. The highest BCUT2D eigenvalue weighted by atomic mass is 16.3. The zero-order valence-corrected chi connectivity index (χ0v) is 10.8. The SMILES string of the molecule is CC(C)C1CCN(c2ncccc2CO)CC1. The van der Waals surface area contributed by atoms with Crippen LogP contribution in [0.2, 0.25) is 0 Å². The maximum absolute atomic E-state index is 9.32. The van der Waals surface area contributed by atoms with Gasteiger partial charge in [-0.1, -0.05) is 19.9 Å². The molecule has 0 unspecified atom stereocenters. The summed E-state index contributed by atoms with van der Waals surface area (Å²) in [4.78, 5) is 6.72. The van der Waals surface area contributed by atoms with Gasteiger partial charge in [0.15, 0.2) is 0 Å². The number of aliphatic hydroxyl groups is 1. The number of anilines is 1. The Balaban J connectivity index is 2.05. The molecule has 94 valence electrons. The normalized spacial score (nSPS) is 17.8. The number of piperidine rings is 1. The molecule has 1 aliphatic rings. The van der Waals surface area contributed by atoms with E-state index in [9.17, 15) is 5.11 Å². The van der Waals surface area contributed by atoms with Crippen molar-refractivity contribution in [2.75, 3.05) is 18.0 Å². The van der Waals surface area contributed by atoms with Crippen molar-refractivity contribution in [2.45, 2.75) is 33.3 Å². The standard InChI is InChI=1S/C14H22N2O/c1-11(2)12-5-8-16(9-6-12)14-13(10-17)4-3-7-15-14/h3-4,7,11-12,17H,5-6,8-10H2,1-2H3. The summed E-state index contributed by atoms with van der Waals surface area (Å²) in [6, 6.07) is 3.84. The molecular formula is C14H22N2O. The molecule has 0 saturated carbocycles. The van der Waals surface area contributed by atoms with Gasteiger partial charge in [-0.3, -0.25) is 0 Å². The van der Waals surface area contributed by atoms with Gasteiger partial charge in [0.1, 0.15) is 5.82 Å². The zero-order chi connectivity index (χ0) is 12.3. The summed E-state index contributed by atoms with van der Waals surface area (Å²) in [7, 11) is 0. The number of rotatable bonds is 3. The van der Waals surface area contributed by atoms with Crippen molar-refractivity contribution >= 4 is 5.82 Å². The van der Waals surface area contributed by atoms with Gasteiger partial charge in [-0.05, 0) is 30.7 Å². The second kappa shape index (κ2) is 5.50. The summed E-state index contributed by atoms with van der Waals surface area (Å²) in [5.74, 6) is 2.59. The lowest BCUT2D eigenvalue weighted by atomic mass is 9.86. The van der Waals surface area contributed by atoms with Crippen LogP contribution in [-0.4, -0.2) is 23.2 Å². The van der Waals surface area contributed by atoms with E-state index in [1.54, 1.807) is 0 Å². The maximum atomic E-state index is 9.32. The number of pyridine rings is 1. The molecule has 2 rings (SSSR count). The van der Waals surface area contributed by atoms with E-state index < -0.39 is 0 Å². The molecule has 0 atom stereocenters. The fourth-order valence-electron chi connectivity index (χ4n) is 2.62. The van der Waals surface area contributed by atoms with Crippen LogP contribution in [0, 0.1) is 11.8 Å². The minimum atomic E-state index is 0.0767. The molecule has 0 radical (unpaired) electrons. The van der Waals surface area contributed by atoms with Crippen LogP contribution in [0.4, 0.5) is 5.82 Å². The average molecular weight is 234 g/mol. The van der Waals surface area contributed by atoms with Crippen molar-refractivity contribution in [1.29, 1.82) is 0 Å². The Bertz CT molecular complexity index is 357. The summed E-state index contributed by atoms with van der Waals surface area (Å²) >= 11 is 0. The first-order valence-electron chi connectivity index (χ1n) is 6.52. The third kappa shape index (κ3) is 2.78. The predicted molar refractivity (Wildman–Crippen MR) is 69.9 cm³/mol. The molecule has 0 spiro atoms. The van der Waals surface area contributed by atoms with Gasteiger partial charge < -0.3 is 10.0 Å². The Morgan fingerprint density at radius 1 is 1.41 bits per heavy atom. The molecule has 2 heterocycles. The molecular weight excluding hydrogens is 212 g/mol. The van der Waals surface area contributed by atoms with Gasteiger partial charge in [-0.15, -0.1) is 0 Å². The van der Waals surface area contributed by atoms with E-state index in [1.165, 1.54) is 12.8 Å². The maximum Gasteiger partial charge on any atom is 0.134 e. The summed E-state index contributed by atoms with van der Waals surface area (Å²) in [6.45, 7) is 6.81. The van der Waals surface area contributed by atoms with E-state index in [0.29, 0.717) is 0 Å². The number of hydrogen-bond acceptors (Lipinski definition) is 3. The van der Waals surface area contributed by atoms with Gasteiger partial charge in [0, 0.05) is 24.8 Å². The van der Waals surface area contributed by atoms with E-state index >= 15 is 0 Å². The monoisotopic (exact) mass is 234 g/mol. The van der Waals surface area contributed by atoms with Gasteiger partial charge in [0.25, 0.3) is 0 Å². The van der Waals surface area contributed by atoms with Crippen LogP contribution in [0.3, 0.4) is 0 Å². The Hall–Kier alpha value is -1.09. The lowest BCUT2D eigenvalue weighted by Crippen LogP contribution is -2.36. The lowest BCUT2D eigenvalue weighted by molar-refractivity contribution is 0.279. The summed E-state index contributed by atoms with van der Waals surface area (Å²) in [6.07, 6.45) is 4.28. The molecule has 0 aliphatic carbocycles. The van der Waals surface area contributed by atoms with Crippen molar-refractivity contribution < 1.29 is 5.11 Å². The van der Waals surface area contributed by atoms with E-state index in [-0.39, 0.29) is 6.61 Å². The molecule has 1 saturated heterocycles. The topological polar surface area (TPSA) is 36.4 Å². The predicted octanol–water partition coefficient (Wildman–Crippen LogP) is 2.45. The van der Waals surface area contributed by atoms with Gasteiger partial charge in [0.05, 0.1) is 6.61 Å². The van der Waals surface area contributed by atoms with Crippen LogP contribution in [0.5, 0.6) is 0 Å². The smallest absolute Gasteiger partial charge is 0.134 e. The lowest BCUT2D eigenvalue weighted by Gasteiger charge is -2.35. The van der Waals surface area contributed by atoms with Crippen LogP contribution in [-0.2, 0) is 6.61 Å². The van der Waals surface area contributed by atoms with Gasteiger partial charge in [-0.25, -0.2) is 4.98 Å². The fourth-order valence-corrected chi connectivity index (χ4v) is 2.62. The zero-order valence-electron chi connectivity index (χ0n) is 10.8. The molecule has 1 N–H and O–H groups in total. The van der Waals surface area contributed by atoms with Crippen molar-refractivity contribution in [3.05, 3.63) is 23.9 Å². The Morgan fingerprint density at radius 2 is 2.12 bits per heavy atom. The minimum Gasteiger partial charge on any atom is -0.392 e. The molecule has 1 fully saturated rings. The highest BCUT2D eigenvalue weighted by Crippen LogP contribution is 2.28. The number of hydrogen-bond donors (Lipinski definition) is 1. The van der Waals surface area contributed by atoms with E-state index in [1.807, 2.05) is 18.3 Å². The van der Waals surface area contributed by atoms with E-state index in [2.05, 4.69) is 23.7 Å². The summed E-state index contributed by atoms with van der Waals surface area (Å²) in [5, 5.41) is 9.32. The largest absolute Gasteiger partial charge is 0.392 e. The van der Waals surface area contributed by atoms with E-state index in [0.717, 1.165) is 36.3 Å². The van der Waals surface area contributed by atoms with Crippen molar-refractivity contribution in [3.63, 3.8) is 0 Å². The first-order valence-corrected chi connectivity index (χ1v) is 6.52. The number of aliphatic hydroxyl groups excluding tert-OH is 1. The molecule has 1 aliphatic heterocycles. The van der Waals surface area contributed by atoms with Crippen LogP contribution in [0.15, 0.2) is 18.3 Å². The van der Waals surface area contributed by atoms with Crippen molar-refractivity contribution in [2.24, 2.45) is 11.8 Å². The first kappa shape index (κ1) is 12.4. The Morgan fingerprint density at radius 3 is 2.71 bits per heavy atom. The molecule has 0 aromatic carbocycles. The molecule has 1 aromatic rings. The number of nitrogens with zero attached hydrogens (tertiary/aromatic N) is 2. The molecule has 3 heteroatoms. The van der Waals surface area contributed by atoms with Crippen LogP contribution in [0.1, 0.15) is 32.3 Å². The molecule has 17 heavy (non-hydrogen) atoms. The highest BCUT2D eigenvalue weighted by Gasteiger charge is 2.23. The first-order chi connectivity index (χ1) is 8.22. The van der Waals surface area contributed by atoms with Crippen LogP contribution in [0.25, 0.3) is 0 Å². The molecule has 0 amide bonds. The fraction of sp³-hybridized carbons (Fsp3) is 0.643. The van der Waals surface area contributed by atoms with E-state index in [4.69, 9.17) is 0 Å². The number of aromatic nitrogens is 1. The van der Waals surface area contributed by atoms with Crippen molar-refractivity contribution in [3.8, 4) is 0 Å². The van der Waals surface area contributed by atoms with Gasteiger partial charge in [0.2, 0.25) is 0 Å². The quantitative estimate of drug-likeness (QED) is 0.872. The second-order valence-corrected chi connectivity index (χ2v) is 5.21. The second-order valence-electron chi connectivity index (χ2n) is 5.21. The van der Waals surface area contributed by atoms with Crippen LogP contribution < -0.4 is 4.90 Å². The third-order valence-corrected chi connectivity index (χ3v) is 3.82. The van der Waals surface area contributed by atoms with Gasteiger partial charge >= 0.3 is 0 Å². The summed E-state index contributed by atoms with van der Waals surface area (Å²) in [5.41, 5.74) is 0.940. The Labute approximate surface area is 103 Å². The molecule has 3 nitrogen and oxygen atoms in total. The highest BCUT2D eigenvalue weighted by molar-refractivity contribution is 5.46. The third-order valence-electron chi connectivity index (χ3n) is 3.82. The molecule has 0 bridgehead atoms.